The highest BCUT2D eigenvalue weighted by atomic mass is 35.5. The lowest BCUT2D eigenvalue weighted by atomic mass is 9.68. The number of piperidine rings is 1. The van der Waals surface area contributed by atoms with Crippen molar-refractivity contribution in [3.8, 4) is 0 Å². The summed E-state index contributed by atoms with van der Waals surface area (Å²) in [5.41, 5.74) is -4.53. The highest BCUT2D eigenvalue weighted by Crippen LogP contribution is 2.48. The second kappa shape index (κ2) is 11.9. The molecule has 0 bridgehead atoms. The van der Waals surface area contributed by atoms with Gasteiger partial charge in [0.25, 0.3) is 11.5 Å². The third-order valence-electron chi connectivity index (χ3n) is 7.99. The number of methoxy groups -OCH3 is 1. The summed E-state index contributed by atoms with van der Waals surface area (Å²) in [7, 11) is 1.24. The predicted octanol–water partition coefficient (Wildman–Crippen LogP) is 6.54. The van der Waals surface area contributed by atoms with Crippen LogP contribution in [0, 0.1) is 5.41 Å². The van der Waals surface area contributed by atoms with E-state index in [1.54, 1.807) is 6.07 Å². The molecule has 2 aromatic carbocycles. The molecule has 2 aliphatic rings. The molecule has 1 amide bonds. The van der Waals surface area contributed by atoms with Crippen molar-refractivity contribution in [3.63, 3.8) is 0 Å². The van der Waals surface area contributed by atoms with Gasteiger partial charge in [0.1, 0.15) is 5.25 Å². The third-order valence-corrected chi connectivity index (χ3v) is 10.5. The Morgan fingerprint density at radius 1 is 1.02 bits per heavy atom. The Bertz CT molecular complexity index is 1260. The number of rotatable bonds is 5. The Kier molecular flexibility index (Phi) is 9.29. The molecule has 2 atom stereocenters. The van der Waals surface area contributed by atoms with Gasteiger partial charge in [-0.2, -0.15) is 13.2 Å². The summed E-state index contributed by atoms with van der Waals surface area (Å²) in [4.78, 5) is 26.5. The lowest BCUT2D eigenvalue weighted by Gasteiger charge is -2.47. The molecule has 1 aliphatic heterocycles. The van der Waals surface area contributed by atoms with Crippen LogP contribution in [0.5, 0.6) is 0 Å². The van der Waals surface area contributed by atoms with E-state index in [1.165, 1.54) is 25.3 Å². The van der Waals surface area contributed by atoms with Crippen molar-refractivity contribution < 1.29 is 37.2 Å². The minimum atomic E-state index is -5.30. The molecule has 6 nitrogen and oxygen atoms in total. The molecule has 0 aromatic heterocycles. The lowest BCUT2D eigenvalue weighted by Crippen LogP contribution is -2.58. The molecule has 1 heterocycles. The second-order valence-electron chi connectivity index (χ2n) is 10.3. The monoisotopic (exact) mass is 639 g/mol. The van der Waals surface area contributed by atoms with Gasteiger partial charge in [-0.1, -0.05) is 34.8 Å². The number of benzene rings is 2. The summed E-state index contributed by atoms with van der Waals surface area (Å²) in [5.74, 6) is -2.05. The first-order valence-corrected chi connectivity index (χ1v) is 14.9. The number of esters is 1. The first kappa shape index (κ1) is 31.3. The summed E-state index contributed by atoms with van der Waals surface area (Å²) in [5, 5.41) is 10.5. The molecule has 1 aliphatic carbocycles. The summed E-state index contributed by atoms with van der Waals surface area (Å²) in [6.07, 6.45) is -1.72. The number of alkyl halides is 3. The van der Waals surface area contributed by atoms with E-state index >= 15 is 0 Å². The molecule has 2 fully saturated rings. The van der Waals surface area contributed by atoms with Gasteiger partial charge in [-0.05, 0) is 85.4 Å². The molecule has 1 spiro atoms. The zero-order valence-electron chi connectivity index (χ0n) is 21.4. The quantitative estimate of drug-likeness (QED) is 0.296. The standard InChI is InChI=1S/C27H27Cl3F3NO5S/c1-39-23(35)21-3-2-20(15-22(21)30)40(38)19-4-6-25(7-5-19)8-10-34(11-9-25)24(36)26(37,27(31,32)33)16-12-17(28)14-18(29)13-16/h2-3,12-15,19,37H,4-11H2,1H3. The van der Waals surface area contributed by atoms with Gasteiger partial charge in [0, 0.05) is 34.8 Å². The van der Waals surface area contributed by atoms with Gasteiger partial charge >= 0.3 is 12.1 Å². The molecule has 0 radical (unpaired) electrons. The summed E-state index contributed by atoms with van der Waals surface area (Å²) in [6.45, 7) is 0.0910. The highest BCUT2D eigenvalue weighted by molar-refractivity contribution is 7.92. The van der Waals surface area contributed by atoms with Gasteiger partial charge < -0.3 is 19.3 Å². The van der Waals surface area contributed by atoms with E-state index < -0.39 is 40.4 Å². The van der Waals surface area contributed by atoms with Crippen molar-refractivity contribution >= 4 is 57.9 Å². The maximum absolute atomic E-state index is 14.1. The number of carbonyl (C=O) groups excluding carboxylic acids is 2. The summed E-state index contributed by atoms with van der Waals surface area (Å²) in [6, 6.07) is 7.58. The number of ether oxygens (including phenoxy) is 1. The largest absolute Gasteiger partial charge is 0.611 e. The molecule has 1 N–H and O–H groups in total. The van der Waals surface area contributed by atoms with E-state index in [-0.39, 0.29) is 44.4 Å². The van der Waals surface area contributed by atoms with Crippen molar-refractivity contribution in [1.82, 2.24) is 4.90 Å². The number of hydrogen-bond acceptors (Lipinski definition) is 5. The molecule has 2 unspecified atom stereocenters. The summed E-state index contributed by atoms with van der Waals surface area (Å²) >= 11 is 16.6. The Morgan fingerprint density at radius 2 is 1.60 bits per heavy atom. The van der Waals surface area contributed by atoms with Crippen LogP contribution in [0.25, 0.3) is 0 Å². The fraction of sp³-hybridized carbons (Fsp3) is 0.481. The molecular formula is C27H27Cl3F3NO5S. The van der Waals surface area contributed by atoms with Crippen LogP contribution in [0.1, 0.15) is 54.4 Å². The van der Waals surface area contributed by atoms with Crippen LogP contribution < -0.4 is 0 Å². The first-order chi connectivity index (χ1) is 18.7. The van der Waals surface area contributed by atoms with Gasteiger partial charge in [-0.25, -0.2) is 4.79 Å². The normalized spacial score (nSPS) is 20.2. The molecule has 40 heavy (non-hydrogen) atoms. The molecule has 1 saturated heterocycles. The van der Waals surface area contributed by atoms with E-state index in [2.05, 4.69) is 4.74 Å². The van der Waals surface area contributed by atoms with Crippen LogP contribution in [-0.4, -0.2) is 58.1 Å². The third kappa shape index (κ3) is 6.08. The fourth-order valence-corrected chi connectivity index (χ4v) is 7.92. The Balaban J connectivity index is 1.41. The van der Waals surface area contributed by atoms with Crippen molar-refractivity contribution in [2.75, 3.05) is 20.2 Å². The molecule has 4 rings (SSSR count). The second-order valence-corrected chi connectivity index (χ2v) is 13.3. The number of nitrogens with zero attached hydrogens (tertiary/aromatic N) is 1. The Labute approximate surface area is 247 Å². The van der Waals surface area contributed by atoms with Crippen molar-refractivity contribution in [1.29, 1.82) is 0 Å². The summed E-state index contributed by atoms with van der Waals surface area (Å²) < 4.78 is 60.3. The number of aliphatic hydroxyl groups is 1. The van der Waals surface area contributed by atoms with Gasteiger partial charge in [0.15, 0.2) is 4.90 Å². The first-order valence-electron chi connectivity index (χ1n) is 12.5. The predicted molar refractivity (Wildman–Crippen MR) is 146 cm³/mol. The van der Waals surface area contributed by atoms with E-state index in [1.807, 2.05) is 0 Å². The number of carbonyl (C=O) groups is 2. The fourth-order valence-electron chi connectivity index (χ4n) is 5.59. The van der Waals surface area contributed by atoms with Crippen molar-refractivity contribution in [2.45, 2.75) is 60.4 Å². The van der Waals surface area contributed by atoms with Crippen LogP contribution in [-0.2, 0) is 26.3 Å². The number of amides is 1. The van der Waals surface area contributed by atoms with Crippen LogP contribution in [0.3, 0.4) is 0 Å². The zero-order valence-corrected chi connectivity index (χ0v) is 24.5. The maximum Gasteiger partial charge on any atom is 0.430 e. The lowest BCUT2D eigenvalue weighted by molar-refractivity contribution is -0.262. The topological polar surface area (TPSA) is 89.9 Å². The Morgan fingerprint density at radius 3 is 2.10 bits per heavy atom. The minimum Gasteiger partial charge on any atom is -0.611 e. The molecule has 218 valence electrons. The number of hydrogen-bond donors (Lipinski definition) is 1. The number of likely N-dealkylation sites (tertiary alicyclic amines) is 1. The van der Waals surface area contributed by atoms with Gasteiger partial charge in [-0.15, -0.1) is 0 Å². The smallest absolute Gasteiger partial charge is 0.430 e. The minimum absolute atomic E-state index is 0.0455. The number of halogens is 6. The van der Waals surface area contributed by atoms with Crippen LogP contribution in [0.2, 0.25) is 15.1 Å². The van der Waals surface area contributed by atoms with Gasteiger partial charge in [0.2, 0.25) is 0 Å². The van der Waals surface area contributed by atoms with Gasteiger partial charge in [-0.3, -0.25) is 4.79 Å². The van der Waals surface area contributed by atoms with E-state index in [0.717, 1.165) is 17.0 Å². The highest BCUT2D eigenvalue weighted by Gasteiger charge is 2.62. The molecule has 1 saturated carbocycles. The van der Waals surface area contributed by atoms with E-state index in [9.17, 15) is 32.4 Å². The van der Waals surface area contributed by atoms with Gasteiger partial charge in [0.05, 0.1) is 17.7 Å². The van der Waals surface area contributed by atoms with Crippen LogP contribution >= 0.6 is 34.8 Å². The van der Waals surface area contributed by atoms with E-state index in [0.29, 0.717) is 43.4 Å². The average molecular weight is 641 g/mol. The maximum atomic E-state index is 14.1. The van der Waals surface area contributed by atoms with Crippen LogP contribution in [0.15, 0.2) is 41.3 Å². The van der Waals surface area contributed by atoms with Crippen LogP contribution in [0.4, 0.5) is 13.2 Å². The van der Waals surface area contributed by atoms with E-state index in [4.69, 9.17) is 34.8 Å². The average Bonchev–Trinajstić information content (AvgIpc) is 2.91. The zero-order chi connectivity index (χ0) is 29.5. The Hall–Kier alpha value is -1.69. The molecule has 13 heteroatoms. The van der Waals surface area contributed by atoms with Crippen molar-refractivity contribution in [2.24, 2.45) is 5.41 Å². The van der Waals surface area contributed by atoms with Crippen molar-refractivity contribution in [3.05, 3.63) is 62.6 Å². The molecular weight excluding hydrogens is 614 g/mol. The SMILES string of the molecule is COC(=O)c1ccc([S+]([O-])C2CCC3(CC2)CCN(C(=O)C(O)(c2cc(Cl)cc(Cl)c2)C(F)(F)F)CC3)cc1Cl. The molecule has 2 aromatic rings.